The first kappa shape index (κ1) is 28.8. The summed E-state index contributed by atoms with van der Waals surface area (Å²) >= 11 is 0. The standard InChI is InChI=1S/C32H39N4O2.BrH/c1-5-34(6-2)23-13-15-27-29(21-23)38-30-22-24(35(7-3)8-4)14-16-28(30)31(27)25-11-9-10-12-26(25)32(37)36-19-17-33-18-20-36;/h9-16,21-22,33H,5-8,17-20H2,1-4H3;1H/q+1;/p-1. The van der Waals surface area contributed by atoms with Crippen LogP contribution in [0.1, 0.15) is 38.1 Å². The van der Waals surface area contributed by atoms with Gasteiger partial charge in [0.1, 0.15) is 24.4 Å². The van der Waals surface area contributed by atoms with Crippen LogP contribution in [0.25, 0.3) is 33.4 Å². The minimum Gasteiger partial charge on any atom is -1.00 e. The number of fused-ring (bicyclic) bond motifs is 2. The van der Waals surface area contributed by atoms with Crippen LogP contribution in [-0.4, -0.2) is 63.2 Å². The van der Waals surface area contributed by atoms with Crippen LogP contribution in [0.4, 0.5) is 5.69 Å². The monoisotopic (exact) mass is 590 g/mol. The predicted molar refractivity (Wildman–Crippen MR) is 157 cm³/mol. The molecule has 1 amide bonds. The molecule has 5 rings (SSSR count). The molecule has 2 heterocycles. The van der Waals surface area contributed by atoms with Crippen molar-refractivity contribution in [2.75, 3.05) is 57.3 Å². The summed E-state index contributed by atoms with van der Waals surface area (Å²) in [6.45, 7) is 15.5. The molecule has 0 radical (unpaired) electrons. The number of carbonyl (C=O) groups is 1. The Hall–Kier alpha value is -3.16. The number of hydrogen-bond donors (Lipinski definition) is 1. The number of piperazine rings is 1. The predicted octanol–water partition coefficient (Wildman–Crippen LogP) is 1.91. The second kappa shape index (κ2) is 12.8. The van der Waals surface area contributed by atoms with Crippen LogP contribution in [0.2, 0.25) is 0 Å². The fourth-order valence-corrected chi connectivity index (χ4v) is 5.65. The number of benzene rings is 3. The summed E-state index contributed by atoms with van der Waals surface area (Å²) in [6, 6.07) is 21.0. The average molecular weight is 592 g/mol. The lowest BCUT2D eigenvalue weighted by Crippen LogP contribution is -3.00. The number of nitrogens with zero attached hydrogens (tertiary/aromatic N) is 3. The van der Waals surface area contributed by atoms with Crippen molar-refractivity contribution in [1.29, 1.82) is 0 Å². The maximum atomic E-state index is 13.8. The Kier molecular flexibility index (Phi) is 9.46. The largest absolute Gasteiger partial charge is 1.00 e. The molecule has 0 saturated carbocycles. The van der Waals surface area contributed by atoms with Crippen molar-refractivity contribution >= 4 is 22.6 Å². The highest BCUT2D eigenvalue weighted by Crippen LogP contribution is 2.42. The molecule has 1 N–H and O–H groups in total. The fraction of sp³-hybridized carbons (Fsp3) is 0.375. The molecule has 0 unspecified atom stereocenters. The lowest BCUT2D eigenvalue weighted by molar-refractivity contribution is -0.0000180. The number of anilines is 1. The highest BCUT2D eigenvalue weighted by molar-refractivity contribution is 6.09. The second-order valence-corrected chi connectivity index (χ2v) is 9.77. The molecule has 2 aliphatic heterocycles. The van der Waals surface area contributed by atoms with Crippen LogP contribution in [-0.2, 0) is 0 Å². The SMILES string of the molecule is CCN(CC)c1ccc2c(-c3ccccc3C(=O)N3CCNCC3)c3ccc(=[N+](CC)CC)cc-3oc2c1.[Br-]. The van der Waals surface area contributed by atoms with E-state index in [0.717, 1.165) is 102 Å². The van der Waals surface area contributed by atoms with Gasteiger partial charge in [-0.2, -0.15) is 0 Å². The number of amides is 1. The molecule has 7 heteroatoms. The molecular weight excluding hydrogens is 552 g/mol. The summed E-state index contributed by atoms with van der Waals surface area (Å²) < 4.78 is 8.95. The zero-order chi connectivity index (χ0) is 26.6. The van der Waals surface area contributed by atoms with E-state index in [1.54, 1.807) is 0 Å². The Balaban J connectivity index is 0.00000353. The van der Waals surface area contributed by atoms with Crippen molar-refractivity contribution in [3.63, 3.8) is 0 Å². The van der Waals surface area contributed by atoms with Gasteiger partial charge < -0.3 is 36.5 Å². The van der Waals surface area contributed by atoms with Crippen LogP contribution < -0.4 is 37.1 Å². The molecule has 1 saturated heterocycles. The molecule has 1 aliphatic carbocycles. The van der Waals surface area contributed by atoms with Crippen LogP contribution in [0.3, 0.4) is 0 Å². The van der Waals surface area contributed by atoms with Gasteiger partial charge in [0.05, 0.1) is 6.07 Å². The van der Waals surface area contributed by atoms with Crippen molar-refractivity contribution in [3.05, 3.63) is 71.6 Å². The average Bonchev–Trinajstić information content (AvgIpc) is 2.97. The Morgan fingerprint density at radius 2 is 1.64 bits per heavy atom. The molecule has 206 valence electrons. The van der Waals surface area contributed by atoms with E-state index < -0.39 is 0 Å². The van der Waals surface area contributed by atoms with Crippen LogP contribution in [0, 0.1) is 0 Å². The quantitative estimate of drug-likeness (QED) is 0.264. The maximum absolute atomic E-state index is 13.8. The van der Waals surface area contributed by atoms with Crippen LogP contribution in [0.5, 0.6) is 0 Å². The molecule has 6 nitrogen and oxygen atoms in total. The molecule has 3 aliphatic rings. The first-order valence-electron chi connectivity index (χ1n) is 14.0. The summed E-state index contributed by atoms with van der Waals surface area (Å²) in [6.07, 6.45) is 0. The number of nitrogens with one attached hydrogen (secondary N) is 1. The van der Waals surface area contributed by atoms with Gasteiger partial charge in [-0.3, -0.25) is 4.79 Å². The van der Waals surface area contributed by atoms with Gasteiger partial charge in [0, 0.05) is 79.2 Å². The lowest BCUT2D eigenvalue weighted by atomic mass is 9.90. The van der Waals surface area contributed by atoms with Crippen molar-refractivity contribution in [1.82, 2.24) is 14.8 Å². The summed E-state index contributed by atoms with van der Waals surface area (Å²) in [5.41, 5.74) is 5.73. The normalized spacial score (nSPS) is 13.4. The first-order valence-corrected chi connectivity index (χ1v) is 14.0. The molecular formula is C32H39BrN4O2. The zero-order valence-corrected chi connectivity index (χ0v) is 25.1. The molecule has 2 aromatic carbocycles. The molecule has 0 spiro atoms. The van der Waals surface area contributed by atoms with Gasteiger partial charge in [-0.15, -0.1) is 0 Å². The zero-order valence-electron chi connectivity index (χ0n) is 23.5. The molecule has 0 bridgehead atoms. The van der Waals surface area contributed by atoms with Gasteiger partial charge >= 0.3 is 0 Å². The van der Waals surface area contributed by atoms with E-state index in [4.69, 9.17) is 4.42 Å². The second-order valence-electron chi connectivity index (χ2n) is 9.77. The maximum Gasteiger partial charge on any atom is 0.254 e. The van der Waals surface area contributed by atoms with Gasteiger partial charge in [-0.05, 0) is 57.5 Å². The summed E-state index contributed by atoms with van der Waals surface area (Å²) in [7, 11) is 0. The molecule has 1 fully saturated rings. The third-order valence-electron chi connectivity index (χ3n) is 7.78. The topological polar surface area (TPSA) is 51.7 Å². The van der Waals surface area contributed by atoms with Crippen LogP contribution >= 0.6 is 0 Å². The third kappa shape index (κ3) is 5.61. The van der Waals surface area contributed by atoms with E-state index in [1.807, 2.05) is 23.1 Å². The molecule has 0 atom stereocenters. The molecule has 39 heavy (non-hydrogen) atoms. The molecule has 2 aromatic rings. The van der Waals surface area contributed by atoms with E-state index in [9.17, 15) is 4.79 Å². The fourth-order valence-electron chi connectivity index (χ4n) is 5.65. The van der Waals surface area contributed by atoms with Gasteiger partial charge in [-0.1, -0.05) is 18.2 Å². The van der Waals surface area contributed by atoms with Crippen LogP contribution in [0.15, 0.2) is 65.1 Å². The highest BCUT2D eigenvalue weighted by Gasteiger charge is 2.25. The number of carbonyl (C=O) groups excluding carboxylic acids is 1. The number of hydrogen-bond acceptors (Lipinski definition) is 4. The minimum atomic E-state index is 0. The Morgan fingerprint density at radius 1 is 0.923 bits per heavy atom. The molecule has 0 aromatic heterocycles. The van der Waals surface area contributed by atoms with E-state index in [-0.39, 0.29) is 22.9 Å². The van der Waals surface area contributed by atoms with Crippen molar-refractivity contribution in [2.45, 2.75) is 27.7 Å². The van der Waals surface area contributed by atoms with Crippen molar-refractivity contribution < 1.29 is 26.2 Å². The number of rotatable bonds is 7. The summed E-state index contributed by atoms with van der Waals surface area (Å²) in [5, 5.41) is 5.51. The number of halogens is 1. The first-order chi connectivity index (χ1) is 18.6. The van der Waals surface area contributed by atoms with Crippen molar-refractivity contribution in [2.24, 2.45) is 0 Å². The van der Waals surface area contributed by atoms with E-state index >= 15 is 0 Å². The van der Waals surface area contributed by atoms with E-state index in [1.165, 1.54) is 0 Å². The summed E-state index contributed by atoms with van der Waals surface area (Å²) in [4.78, 5) is 18.1. The Morgan fingerprint density at radius 3 is 2.33 bits per heavy atom. The third-order valence-corrected chi connectivity index (χ3v) is 7.78. The van der Waals surface area contributed by atoms with Crippen molar-refractivity contribution in [3.8, 4) is 22.5 Å². The van der Waals surface area contributed by atoms with Gasteiger partial charge in [0.15, 0.2) is 0 Å². The van der Waals surface area contributed by atoms with E-state index in [0.29, 0.717) is 0 Å². The smallest absolute Gasteiger partial charge is 0.254 e. The van der Waals surface area contributed by atoms with Gasteiger partial charge in [0.2, 0.25) is 5.36 Å². The van der Waals surface area contributed by atoms with Gasteiger partial charge in [-0.25, -0.2) is 4.58 Å². The minimum absolute atomic E-state index is 0. The highest BCUT2D eigenvalue weighted by atomic mass is 79.9. The Bertz CT molecular complexity index is 1480. The lowest BCUT2D eigenvalue weighted by Gasteiger charge is -2.28. The Labute approximate surface area is 242 Å². The van der Waals surface area contributed by atoms with E-state index in [2.05, 4.69) is 85.0 Å². The summed E-state index contributed by atoms with van der Waals surface area (Å²) in [5.74, 6) is 0.918. The van der Waals surface area contributed by atoms with Gasteiger partial charge in [0.25, 0.3) is 5.91 Å².